The third-order valence-electron chi connectivity index (χ3n) is 12.1. The predicted octanol–water partition coefficient (Wildman–Crippen LogP) is 13.4. The Bertz CT molecular complexity index is 3870. The Hall–Kier alpha value is -8.75. The van der Waals surface area contributed by atoms with Crippen LogP contribution in [0.4, 0.5) is 0 Å². The molecule has 0 aliphatic heterocycles. The van der Waals surface area contributed by atoms with Crippen molar-refractivity contribution in [2.75, 3.05) is 0 Å². The Labute approximate surface area is 360 Å². The number of nitrogens with zero attached hydrogens (tertiary/aromatic N) is 7. The molecule has 0 amide bonds. The quantitative estimate of drug-likeness (QED) is 0.166. The minimum atomic E-state index is 0.567. The van der Waals surface area contributed by atoms with Gasteiger partial charge in [0.15, 0.2) is 17.2 Å². The van der Waals surface area contributed by atoms with Gasteiger partial charge in [-0.2, -0.15) is 9.97 Å². The van der Waals surface area contributed by atoms with Gasteiger partial charge in [-0.3, -0.25) is 14.1 Å². The molecule has 6 heterocycles. The molecular formula is C55H33N7O. The first-order valence-electron chi connectivity index (χ1n) is 20.9. The number of aromatic nitrogens is 7. The second-order valence-corrected chi connectivity index (χ2v) is 15.7. The maximum Gasteiger partial charge on any atom is 0.238 e. The summed E-state index contributed by atoms with van der Waals surface area (Å²) in [6.07, 6.45) is 1.80. The van der Waals surface area contributed by atoms with Gasteiger partial charge in [-0.25, -0.2) is 9.97 Å². The average molecular weight is 808 g/mol. The fourth-order valence-electron chi connectivity index (χ4n) is 9.13. The van der Waals surface area contributed by atoms with Crippen molar-refractivity contribution in [1.82, 2.24) is 34.1 Å². The molecule has 0 saturated carbocycles. The zero-order valence-corrected chi connectivity index (χ0v) is 33.6. The van der Waals surface area contributed by atoms with E-state index in [1.165, 1.54) is 5.39 Å². The molecule has 63 heavy (non-hydrogen) atoms. The molecule has 0 N–H and O–H groups in total. The molecule has 13 rings (SSSR count). The molecule has 0 fully saturated rings. The van der Waals surface area contributed by atoms with Crippen molar-refractivity contribution in [3.05, 3.63) is 200 Å². The second kappa shape index (κ2) is 13.9. The minimum Gasteiger partial charge on any atom is -0.454 e. The number of hydrogen-bond donors (Lipinski definition) is 0. The summed E-state index contributed by atoms with van der Waals surface area (Å²) in [5, 5.41) is 5.53. The normalized spacial score (nSPS) is 11.8. The standard InChI is InChI=1S/C55H33N7O/c1-3-13-34(14-4-1)53-58-54(35-15-5-2-6-16-35)60-55(59-53)62-46-21-10-8-18-40(46)42-31-36(25-28-47(42)62)37-24-27-41-39-17-7-9-20-45(39)61(48(41)33-37)51-23-11-19-44(57-51)38-26-29-49-43(32-38)52-50(63-49)22-12-30-56-52/h1-33H. The molecule has 8 nitrogen and oxygen atoms in total. The van der Waals surface area contributed by atoms with E-state index < -0.39 is 0 Å². The summed E-state index contributed by atoms with van der Waals surface area (Å²) in [6.45, 7) is 0. The van der Waals surface area contributed by atoms with Gasteiger partial charge in [-0.15, -0.1) is 0 Å². The van der Waals surface area contributed by atoms with Gasteiger partial charge in [0.05, 0.1) is 27.8 Å². The first kappa shape index (κ1) is 35.0. The largest absolute Gasteiger partial charge is 0.454 e. The summed E-state index contributed by atoms with van der Waals surface area (Å²) in [6, 6.07) is 67.0. The third kappa shape index (κ3) is 5.66. The summed E-state index contributed by atoms with van der Waals surface area (Å²) < 4.78 is 10.5. The first-order valence-corrected chi connectivity index (χ1v) is 20.9. The van der Waals surface area contributed by atoms with Crippen molar-refractivity contribution >= 4 is 65.7 Å². The second-order valence-electron chi connectivity index (χ2n) is 15.7. The number of rotatable bonds is 6. The molecule has 0 aliphatic carbocycles. The zero-order chi connectivity index (χ0) is 41.4. The van der Waals surface area contributed by atoms with Crippen LogP contribution in [-0.4, -0.2) is 34.1 Å². The highest BCUT2D eigenvalue weighted by molar-refractivity contribution is 6.12. The zero-order valence-electron chi connectivity index (χ0n) is 33.6. The molecule has 13 aromatic rings. The summed E-state index contributed by atoms with van der Waals surface area (Å²) in [5.41, 5.74) is 12.6. The van der Waals surface area contributed by atoms with Crippen LogP contribution in [0.2, 0.25) is 0 Å². The van der Waals surface area contributed by atoms with Crippen LogP contribution in [0, 0.1) is 0 Å². The number of benzene rings is 7. The molecule has 8 heteroatoms. The predicted molar refractivity (Wildman–Crippen MR) is 253 cm³/mol. The van der Waals surface area contributed by atoms with E-state index in [1.54, 1.807) is 6.20 Å². The van der Waals surface area contributed by atoms with Crippen LogP contribution in [0.15, 0.2) is 205 Å². The number of hydrogen-bond acceptors (Lipinski definition) is 6. The van der Waals surface area contributed by atoms with Gasteiger partial charge in [0.1, 0.15) is 16.9 Å². The molecule has 0 radical (unpaired) electrons. The molecule has 0 saturated heterocycles. The lowest BCUT2D eigenvalue weighted by Crippen LogP contribution is -2.06. The highest BCUT2D eigenvalue weighted by Gasteiger charge is 2.20. The van der Waals surface area contributed by atoms with Crippen LogP contribution in [0.1, 0.15) is 0 Å². The van der Waals surface area contributed by atoms with E-state index in [1.807, 2.05) is 78.9 Å². The monoisotopic (exact) mass is 807 g/mol. The third-order valence-corrected chi connectivity index (χ3v) is 12.1. The van der Waals surface area contributed by atoms with E-state index in [-0.39, 0.29) is 0 Å². The van der Waals surface area contributed by atoms with Crippen LogP contribution in [0.3, 0.4) is 0 Å². The summed E-state index contributed by atoms with van der Waals surface area (Å²) in [5.74, 6) is 2.65. The van der Waals surface area contributed by atoms with Crippen molar-refractivity contribution in [2.24, 2.45) is 0 Å². The molecule has 294 valence electrons. The summed E-state index contributed by atoms with van der Waals surface area (Å²) >= 11 is 0. The topological polar surface area (TPSA) is 87.5 Å². The lowest BCUT2D eigenvalue weighted by molar-refractivity contribution is 0.668. The molecule has 0 spiro atoms. The molecule has 7 aromatic carbocycles. The van der Waals surface area contributed by atoms with Gasteiger partial charge in [0.25, 0.3) is 0 Å². The van der Waals surface area contributed by atoms with Gasteiger partial charge in [0.2, 0.25) is 5.95 Å². The lowest BCUT2D eigenvalue weighted by atomic mass is 10.0. The van der Waals surface area contributed by atoms with Crippen LogP contribution in [0.25, 0.3) is 123 Å². The van der Waals surface area contributed by atoms with Crippen molar-refractivity contribution in [1.29, 1.82) is 0 Å². The smallest absolute Gasteiger partial charge is 0.238 e. The van der Waals surface area contributed by atoms with Gasteiger partial charge < -0.3 is 4.42 Å². The Balaban J connectivity index is 0.961. The fourth-order valence-corrected chi connectivity index (χ4v) is 9.13. The van der Waals surface area contributed by atoms with Gasteiger partial charge in [0, 0.05) is 49.8 Å². The van der Waals surface area contributed by atoms with Crippen molar-refractivity contribution in [3.8, 4) is 56.9 Å². The number of para-hydroxylation sites is 2. The van der Waals surface area contributed by atoms with E-state index in [9.17, 15) is 0 Å². The first-order chi connectivity index (χ1) is 31.2. The maximum absolute atomic E-state index is 6.08. The van der Waals surface area contributed by atoms with E-state index in [0.717, 1.165) is 99.6 Å². The highest BCUT2D eigenvalue weighted by atomic mass is 16.3. The highest BCUT2D eigenvalue weighted by Crippen LogP contribution is 2.39. The molecule has 6 aromatic heterocycles. The van der Waals surface area contributed by atoms with Crippen LogP contribution >= 0.6 is 0 Å². The molecule has 0 bridgehead atoms. The summed E-state index contributed by atoms with van der Waals surface area (Å²) in [4.78, 5) is 25.1. The van der Waals surface area contributed by atoms with Gasteiger partial charge in [-0.1, -0.05) is 121 Å². The van der Waals surface area contributed by atoms with E-state index >= 15 is 0 Å². The molecule has 0 aliphatic rings. The van der Waals surface area contributed by atoms with E-state index in [2.05, 4.69) is 129 Å². The number of fused-ring (bicyclic) bond motifs is 9. The number of pyridine rings is 2. The molecule has 0 unspecified atom stereocenters. The van der Waals surface area contributed by atoms with Crippen LogP contribution in [0.5, 0.6) is 0 Å². The SMILES string of the molecule is c1ccc(-c2nc(-c3ccccc3)nc(-n3c4ccccc4c4cc(-c5ccc6c7ccccc7n(-c7cccc(-c8ccc9oc%10cccnc%10c9c8)n7)c6c5)ccc43)n2)cc1. The van der Waals surface area contributed by atoms with Crippen molar-refractivity contribution < 1.29 is 4.42 Å². The molecular weight excluding hydrogens is 775 g/mol. The Morgan fingerprint density at radius 3 is 1.75 bits per heavy atom. The maximum atomic E-state index is 6.08. The Morgan fingerprint density at radius 1 is 0.349 bits per heavy atom. The van der Waals surface area contributed by atoms with Crippen molar-refractivity contribution in [3.63, 3.8) is 0 Å². The van der Waals surface area contributed by atoms with Crippen LogP contribution < -0.4 is 0 Å². The Morgan fingerprint density at radius 2 is 0.968 bits per heavy atom. The lowest BCUT2D eigenvalue weighted by Gasteiger charge is -2.11. The van der Waals surface area contributed by atoms with E-state index in [0.29, 0.717) is 17.6 Å². The summed E-state index contributed by atoms with van der Waals surface area (Å²) in [7, 11) is 0. The van der Waals surface area contributed by atoms with E-state index in [4.69, 9.17) is 24.4 Å². The van der Waals surface area contributed by atoms with Crippen molar-refractivity contribution in [2.45, 2.75) is 0 Å². The molecule has 0 atom stereocenters. The number of furan rings is 1. The minimum absolute atomic E-state index is 0.567. The fraction of sp³-hybridized carbons (Fsp3) is 0. The van der Waals surface area contributed by atoms with Gasteiger partial charge in [-0.05, 0) is 83.9 Å². The average Bonchev–Trinajstić information content (AvgIpc) is 4.01. The van der Waals surface area contributed by atoms with Gasteiger partial charge >= 0.3 is 0 Å². The van der Waals surface area contributed by atoms with Crippen LogP contribution in [-0.2, 0) is 0 Å². The Kier molecular flexibility index (Phi) is 7.74.